The highest BCUT2D eigenvalue weighted by Gasteiger charge is 2.18. The van der Waals surface area contributed by atoms with Gasteiger partial charge in [-0.05, 0) is 26.8 Å². The summed E-state index contributed by atoms with van der Waals surface area (Å²) < 4.78 is 10.4. The number of nitrogens with one attached hydrogen (secondary N) is 1. The molecule has 0 spiro atoms. The highest BCUT2D eigenvalue weighted by molar-refractivity contribution is 6.06. The second-order valence-corrected chi connectivity index (χ2v) is 4.26. The van der Waals surface area contributed by atoms with Gasteiger partial charge in [-0.25, -0.2) is 4.98 Å². The third-order valence-corrected chi connectivity index (χ3v) is 2.99. The van der Waals surface area contributed by atoms with Crippen LogP contribution in [-0.2, 0) is 0 Å². The Bertz CT molecular complexity index is 600. The van der Waals surface area contributed by atoms with E-state index < -0.39 is 0 Å². The topological polar surface area (TPSA) is 64.4 Å². The van der Waals surface area contributed by atoms with E-state index in [2.05, 4.69) is 10.3 Å². The standard InChI is InChI=1S/C14H16N2O3/c1-8-9(2)19-10(3)13(8)14(17)16-11-5-6-12(18-4)15-7-11/h5-7H,1-4H3,(H,16,17). The molecule has 0 aliphatic rings. The van der Waals surface area contributed by atoms with Gasteiger partial charge in [-0.3, -0.25) is 4.79 Å². The fourth-order valence-corrected chi connectivity index (χ4v) is 1.90. The van der Waals surface area contributed by atoms with Gasteiger partial charge in [0, 0.05) is 11.6 Å². The lowest BCUT2D eigenvalue weighted by Gasteiger charge is -2.05. The average Bonchev–Trinajstić information content (AvgIpc) is 2.64. The lowest BCUT2D eigenvalue weighted by Crippen LogP contribution is -2.13. The van der Waals surface area contributed by atoms with Gasteiger partial charge in [0.1, 0.15) is 11.5 Å². The van der Waals surface area contributed by atoms with E-state index in [4.69, 9.17) is 9.15 Å². The number of carbonyl (C=O) groups excluding carboxylic acids is 1. The van der Waals surface area contributed by atoms with E-state index in [0.717, 1.165) is 11.3 Å². The zero-order valence-electron chi connectivity index (χ0n) is 11.4. The van der Waals surface area contributed by atoms with E-state index in [1.54, 1.807) is 32.4 Å². The van der Waals surface area contributed by atoms with Crippen LogP contribution in [0.1, 0.15) is 27.4 Å². The molecular weight excluding hydrogens is 244 g/mol. The number of ether oxygens (including phenoxy) is 1. The van der Waals surface area contributed by atoms with Crippen LogP contribution in [0.15, 0.2) is 22.7 Å². The van der Waals surface area contributed by atoms with Crippen molar-refractivity contribution in [1.29, 1.82) is 0 Å². The molecule has 0 aliphatic carbocycles. The number of hydrogen-bond donors (Lipinski definition) is 1. The average molecular weight is 260 g/mol. The summed E-state index contributed by atoms with van der Waals surface area (Å²) in [7, 11) is 1.54. The van der Waals surface area contributed by atoms with Crippen LogP contribution in [0.4, 0.5) is 5.69 Å². The van der Waals surface area contributed by atoms with Crippen molar-refractivity contribution in [3.05, 3.63) is 41.0 Å². The maximum atomic E-state index is 12.2. The fraction of sp³-hybridized carbons (Fsp3) is 0.286. The highest BCUT2D eigenvalue weighted by atomic mass is 16.5. The number of aryl methyl sites for hydroxylation is 2. The van der Waals surface area contributed by atoms with Crippen molar-refractivity contribution in [2.45, 2.75) is 20.8 Å². The van der Waals surface area contributed by atoms with Crippen LogP contribution >= 0.6 is 0 Å². The van der Waals surface area contributed by atoms with Crippen molar-refractivity contribution in [3.63, 3.8) is 0 Å². The smallest absolute Gasteiger partial charge is 0.259 e. The van der Waals surface area contributed by atoms with E-state index in [9.17, 15) is 4.79 Å². The minimum atomic E-state index is -0.196. The van der Waals surface area contributed by atoms with Crippen molar-refractivity contribution in [2.75, 3.05) is 12.4 Å². The summed E-state index contributed by atoms with van der Waals surface area (Å²) in [5.41, 5.74) is 2.05. The Hall–Kier alpha value is -2.30. The van der Waals surface area contributed by atoms with E-state index in [1.807, 2.05) is 13.8 Å². The van der Waals surface area contributed by atoms with E-state index in [-0.39, 0.29) is 5.91 Å². The van der Waals surface area contributed by atoms with Crippen LogP contribution in [0.5, 0.6) is 5.88 Å². The van der Waals surface area contributed by atoms with Crippen LogP contribution in [0, 0.1) is 20.8 Å². The number of furan rings is 1. The molecule has 0 unspecified atom stereocenters. The predicted octanol–water partition coefficient (Wildman–Crippen LogP) is 2.86. The summed E-state index contributed by atoms with van der Waals surface area (Å²) in [6.45, 7) is 5.49. The second-order valence-electron chi connectivity index (χ2n) is 4.26. The van der Waals surface area contributed by atoms with Gasteiger partial charge in [0.05, 0.1) is 24.6 Å². The Morgan fingerprint density at radius 3 is 2.47 bits per heavy atom. The lowest BCUT2D eigenvalue weighted by atomic mass is 10.1. The molecule has 2 aromatic heterocycles. The van der Waals surface area contributed by atoms with Gasteiger partial charge in [-0.2, -0.15) is 0 Å². The molecule has 5 nitrogen and oxygen atoms in total. The minimum absolute atomic E-state index is 0.196. The zero-order chi connectivity index (χ0) is 14.0. The van der Waals surface area contributed by atoms with Crippen LogP contribution < -0.4 is 10.1 Å². The lowest BCUT2D eigenvalue weighted by molar-refractivity contribution is 0.102. The second kappa shape index (κ2) is 5.14. The minimum Gasteiger partial charge on any atom is -0.481 e. The fourth-order valence-electron chi connectivity index (χ4n) is 1.90. The van der Waals surface area contributed by atoms with Gasteiger partial charge in [-0.15, -0.1) is 0 Å². The highest BCUT2D eigenvalue weighted by Crippen LogP contribution is 2.22. The molecule has 2 heterocycles. The molecule has 2 aromatic rings. The molecule has 0 saturated carbocycles. The maximum Gasteiger partial charge on any atom is 0.259 e. The summed E-state index contributed by atoms with van der Waals surface area (Å²) in [4.78, 5) is 16.2. The number of amides is 1. The molecule has 0 aliphatic heterocycles. The molecule has 19 heavy (non-hydrogen) atoms. The van der Waals surface area contributed by atoms with Crippen LogP contribution in [0.25, 0.3) is 0 Å². The van der Waals surface area contributed by atoms with Crippen molar-refractivity contribution in [2.24, 2.45) is 0 Å². The molecule has 1 amide bonds. The molecule has 0 bridgehead atoms. The van der Waals surface area contributed by atoms with Gasteiger partial charge >= 0.3 is 0 Å². The molecule has 1 N–H and O–H groups in total. The number of anilines is 1. The van der Waals surface area contributed by atoms with Crippen LogP contribution in [0.2, 0.25) is 0 Å². The Kier molecular flexibility index (Phi) is 3.55. The van der Waals surface area contributed by atoms with Crippen molar-refractivity contribution in [3.8, 4) is 5.88 Å². The normalized spacial score (nSPS) is 10.3. The molecule has 5 heteroatoms. The number of aromatic nitrogens is 1. The number of carbonyl (C=O) groups is 1. The molecule has 100 valence electrons. The third kappa shape index (κ3) is 2.59. The first kappa shape index (κ1) is 13.1. The van der Waals surface area contributed by atoms with E-state index >= 15 is 0 Å². The first-order valence-corrected chi connectivity index (χ1v) is 5.91. The summed E-state index contributed by atoms with van der Waals surface area (Å²) >= 11 is 0. The summed E-state index contributed by atoms with van der Waals surface area (Å²) in [6.07, 6.45) is 1.55. The number of methoxy groups -OCH3 is 1. The number of pyridine rings is 1. The Morgan fingerprint density at radius 2 is 2.00 bits per heavy atom. The monoisotopic (exact) mass is 260 g/mol. The van der Waals surface area contributed by atoms with Gasteiger partial charge in [-0.1, -0.05) is 0 Å². The van der Waals surface area contributed by atoms with E-state index in [0.29, 0.717) is 22.9 Å². The molecule has 0 radical (unpaired) electrons. The van der Waals surface area contributed by atoms with Crippen molar-refractivity contribution >= 4 is 11.6 Å². The van der Waals surface area contributed by atoms with Crippen LogP contribution in [0.3, 0.4) is 0 Å². The summed E-state index contributed by atoms with van der Waals surface area (Å²) in [5.74, 6) is 1.69. The first-order chi connectivity index (χ1) is 9.02. The van der Waals surface area contributed by atoms with Gasteiger partial charge in [0.25, 0.3) is 5.91 Å². The van der Waals surface area contributed by atoms with Gasteiger partial charge < -0.3 is 14.5 Å². The molecule has 0 fully saturated rings. The summed E-state index contributed by atoms with van der Waals surface area (Å²) in [5, 5.41) is 2.79. The Labute approximate surface area is 111 Å². The summed E-state index contributed by atoms with van der Waals surface area (Å²) in [6, 6.07) is 3.43. The number of rotatable bonds is 3. The van der Waals surface area contributed by atoms with E-state index in [1.165, 1.54) is 0 Å². The molecule has 2 rings (SSSR count). The predicted molar refractivity (Wildman–Crippen MR) is 71.7 cm³/mol. The quantitative estimate of drug-likeness (QED) is 0.921. The number of nitrogens with zero attached hydrogens (tertiary/aromatic N) is 1. The Morgan fingerprint density at radius 1 is 1.26 bits per heavy atom. The molecule has 0 saturated heterocycles. The third-order valence-electron chi connectivity index (χ3n) is 2.99. The largest absolute Gasteiger partial charge is 0.481 e. The van der Waals surface area contributed by atoms with Gasteiger partial charge in [0.15, 0.2) is 0 Å². The molecule has 0 aromatic carbocycles. The van der Waals surface area contributed by atoms with Crippen molar-refractivity contribution < 1.29 is 13.9 Å². The SMILES string of the molecule is COc1ccc(NC(=O)c2c(C)oc(C)c2C)cn1. The van der Waals surface area contributed by atoms with Crippen LogP contribution in [-0.4, -0.2) is 18.0 Å². The van der Waals surface area contributed by atoms with Gasteiger partial charge in [0.2, 0.25) is 5.88 Å². The number of hydrogen-bond acceptors (Lipinski definition) is 4. The van der Waals surface area contributed by atoms with Crippen molar-refractivity contribution in [1.82, 2.24) is 4.98 Å². The Balaban J connectivity index is 2.20. The maximum absolute atomic E-state index is 12.2. The first-order valence-electron chi connectivity index (χ1n) is 5.91. The molecular formula is C14H16N2O3. The zero-order valence-corrected chi connectivity index (χ0v) is 11.4. The molecule has 0 atom stereocenters.